The fourth-order valence-corrected chi connectivity index (χ4v) is 2.39. The van der Waals surface area contributed by atoms with Crippen molar-refractivity contribution in [3.8, 4) is 0 Å². The number of carbonyl (C=O) groups excluding carboxylic acids is 1. The van der Waals surface area contributed by atoms with Crippen LogP contribution in [-0.2, 0) is 9.53 Å². The smallest absolute Gasteiger partial charge is 0.333 e. The van der Waals surface area contributed by atoms with Crippen molar-refractivity contribution in [3.05, 3.63) is 34.9 Å². The third kappa shape index (κ3) is 7.67. The van der Waals surface area contributed by atoms with Crippen LogP contribution in [0.5, 0.6) is 0 Å². The molecule has 0 fully saturated rings. The Morgan fingerprint density at radius 1 is 1.26 bits per heavy atom. The molecule has 0 radical (unpaired) electrons. The summed E-state index contributed by atoms with van der Waals surface area (Å²) in [5.74, 6) is 0.381. The van der Waals surface area contributed by atoms with Gasteiger partial charge in [0.05, 0.1) is 7.11 Å². The first-order valence-electron chi connectivity index (χ1n) is 8.89. The van der Waals surface area contributed by atoms with Gasteiger partial charge in [-0.2, -0.15) is 0 Å². The topological polar surface area (TPSA) is 26.3 Å². The van der Waals surface area contributed by atoms with E-state index in [4.69, 9.17) is 4.74 Å². The summed E-state index contributed by atoms with van der Waals surface area (Å²) < 4.78 is 4.76. The van der Waals surface area contributed by atoms with Crippen LogP contribution in [0.1, 0.15) is 74.1 Å². The Hall–Kier alpha value is -1.31. The Balaban J connectivity index is 0.00000232. The van der Waals surface area contributed by atoms with E-state index >= 15 is 0 Å². The normalized spacial score (nSPS) is 16.6. The molecule has 2 nitrogen and oxygen atoms in total. The maximum atomic E-state index is 11.5. The zero-order chi connectivity index (χ0) is 18.0. The summed E-state index contributed by atoms with van der Waals surface area (Å²) in [5, 5.41) is 0. The molecule has 23 heavy (non-hydrogen) atoms. The van der Waals surface area contributed by atoms with E-state index in [2.05, 4.69) is 46.8 Å². The van der Waals surface area contributed by atoms with Crippen LogP contribution < -0.4 is 0 Å². The van der Waals surface area contributed by atoms with Gasteiger partial charge in [0.25, 0.3) is 0 Å². The van der Waals surface area contributed by atoms with Crippen LogP contribution in [0.4, 0.5) is 0 Å². The number of hydrogen-bond donors (Lipinski definition) is 0. The van der Waals surface area contributed by atoms with Gasteiger partial charge >= 0.3 is 5.97 Å². The highest BCUT2D eigenvalue weighted by molar-refractivity contribution is 5.89. The lowest BCUT2D eigenvalue weighted by Crippen LogP contribution is -2.09. The summed E-state index contributed by atoms with van der Waals surface area (Å²) in [5.41, 5.74) is 3.97. The molecule has 1 rings (SSSR count). The first kappa shape index (κ1) is 21.7. The second-order valence-electron chi connectivity index (χ2n) is 7.02. The third-order valence-corrected chi connectivity index (χ3v) is 4.48. The molecule has 0 aromatic carbocycles. The molecule has 2 heteroatoms. The van der Waals surface area contributed by atoms with Crippen LogP contribution in [0.2, 0.25) is 0 Å². The second-order valence-corrected chi connectivity index (χ2v) is 7.02. The molecule has 0 bridgehead atoms. The average molecular weight is 321 g/mol. The number of carbonyl (C=O) groups is 1. The van der Waals surface area contributed by atoms with E-state index in [-0.39, 0.29) is 11.4 Å². The van der Waals surface area contributed by atoms with Gasteiger partial charge in [0.15, 0.2) is 0 Å². The van der Waals surface area contributed by atoms with Crippen molar-refractivity contribution in [3.63, 3.8) is 0 Å². The van der Waals surface area contributed by atoms with Crippen LogP contribution in [0.15, 0.2) is 34.9 Å². The highest BCUT2D eigenvalue weighted by Crippen LogP contribution is 2.29. The lowest BCUT2D eigenvalue weighted by atomic mass is 9.85. The van der Waals surface area contributed by atoms with E-state index in [0.717, 1.165) is 18.4 Å². The number of hydrogen-bond acceptors (Lipinski definition) is 2. The van der Waals surface area contributed by atoms with Crippen molar-refractivity contribution < 1.29 is 9.53 Å². The van der Waals surface area contributed by atoms with E-state index in [1.165, 1.54) is 24.7 Å². The first-order chi connectivity index (χ1) is 10.8. The van der Waals surface area contributed by atoms with Gasteiger partial charge in [-0.05, 0) is 43.9 Å². The van der Waals surface area contributed by atoms with Gasteiger partial charge in [0, 0.05) is 5.57 Å². The molecule has 0 amide bonds. The SMILES string of the molecule is CC.COC(=O)C1=CCC(C(C)CC/C=C(\C)C(C)(C)C)=CC1. The molecule has 0 heterocycles. The minimum absolute atomic E-state index is 0.193. The third-order valence-electron chi connectivity index (χ3n) is 4.48. The maximum absolute atomic E-state index is 11.5. The summed E-state index contributed by atoms with van der Waals surface area (Å²) in [6.45, 7) is 15.3. The molecule has 0 aliphatic heterocycles. The van der Waals surface area contributed by atoms with Crippen molar-refractivity contribution in [1.29, 1.82) is 0 Å². The highest BCUT2D eigenvalue weighted by atomic mass is 16.5. The molecule has 0 spiro atoms. The first-order valence-corrected chi connectivity index (χ1v) is 8.89. The van der Waals surface area contributed by atoms with Gasteiger partial charge in [-0.1, -0.05) is 70.9 Å². The van der Waals surface area contributed by atoms with Gasteiger partial charge in [0.1, 0.15) is 0 Å². The largest absolute Gasteiger partial charge is 0.466 e. The van der Waals surface area contributed by atoms with E-state index < -0.39 is 0 Å². The Kier molecular flexibility index (Phi) is 9.87. The molecular weight excluding hydrogens is 284 g/mol. The molecule has 1 unspecified atom stereocenters. The standard InChI is InChI=1S/C19H30O2.C2H6/c1-14(8-7-9-15(2)19(3,4)5)16-10-12-17(13-11-16)18(20)21-6;1-2/h9-10,13-14H,7-8,11-12H2,1-6H3;1-2H3/b15-9+;. The number of allylic oxidation sites excluding steroid dienone is 5. The minimum atomic E-state index is -0.193. The van der Waals surface area contributed by atoms with Crippen molar-refractivity contribution in [2.75, 3.05) is 7.11 Å². The predicted molar refractivity (Wildman–Crippen MR) is 100 cm³/mol. The number of esters is 1. The number of ether oxygens (including phenoxy) is 1. The second kappa shape index (κ2) is 10.5. The van der Waals surface area contributed by atoms with Crippen LogP contribution in [0, 0.1) is 11.3 Å². The molecule has 0 N–H and O–H groups in total. The number of methoxy groups -OCH3 is 1. The molecule has 1 atom stereocenters. The van der Waals surface area contributed by atoms with E-state index in [0.29, 0.717) is 12.3 Å². The summed E-state index contributed by atoms with van der Waals surface area (Å²) in [6.07, 6.45) is 10.5. The van der Waals surface area contributed by atoms with E-state index in [1.54, 1.807) is 0 Å². The minimum Gasteiger partial charge on any atom is -0.466 e. The Bertz CT molecular complexity index is 459. The van der Waals surface area contributed by atoms with Gasteiger partial charge in [-0.25, -0.2) is 4.79 Å². The quantitative estimate of drug-likeness (QED) is 0.442. The molecule has 0 saturated heterocycles. The summed E-state index contributed by atoms with van der Waals surface area (Å²) >= 11 is 0. The lowest BCUT2D eigenvalue weighted by molar-refractivity contribution is -0.136. The summed E-state index contributed by atoms with van der Waals surface area (Å²) in [6, 6.07) is 0. The lowest BCUT2D eigenvalue weighted by Gasteiger charge is -2.21. The van der Waals surface area contributed by atoms with Gasteiger partial charge < -0.3 is 4.74 Å². The highest BCUT2D eigenvalue weighted by Gasteiger charge is 2.16. The molecule has 0 aromatic rings. The van der Waals surface area contributed by atoms with Crippen LogP contribution in [0.3, 0.4) is 0 Å². The maximum Gasteiger partial charge on any atom is 0.333 e. The van der Waals surface area contributed by atoms with Crippen molar-refractivity contribution in [2.24, 2.45) is 11.3 Å². The predicted octanol–water partition coefficient (Wildman–Crippen LogP) is 6.24. The van der Waals surface area contributed by atoms with Gasteiger partial charge in [0.2, 0.25) is 0 Å². The number of rotatable bonds is 5. The molecule has 132 valence electrons. The molecule has 1 aliphatic carbocycles. The van der Waals surface area contributed by atoms with Gasteiger partial charge in [-0.15, -0.1) is 0 Å². The zero-order valence-electron chi connectivity index (χ0n) is 16.5. The zero-order valence-corrected chi connectivity index (χ0v) is 16.5. The van der Waals surface area contributed by atoms with Crippen molar-refractivity contribution in [1.82, 2.24) is 0 Å². The fraction of sp³-hybridized carbons (Fsp3) is 0.667. The summed E-state index contributed by atoms with van der Waals surface area (Å²) in [7, 11) is 1.44. The van der Waals surface area contributed by atoms with Crippen LogP contribution in [0.25, 0.3) is 0 Å². The van der Waals surface area contributed by atoms with E-state index in [9.17, 15) is 4.79 Å². The van der Waals surface area contributed by atoms with Crippen molar-refractivity contribution >= 4 is 5.97 Å². The average Bonchev–Trinajstić information content (AvgIpc) is 2.55. The monoisotopic (exact) mass is 320 g/mol. The van der Waals surface area contributed by atoms with Gasteiger partial charge in [-0.3, -0.25) is 0 Å². The fourth-order valence-electron chi connectivity index (χ4n) is 2.39. The molecule has 0 aromatic heterocycles. The molecular formula is C21H36O2. The van der Waals surface area contributed by atoms with Crippen molar-refractivity contribution in [2.45, 2.75) is 74.1 Å². The summed E-state index contributed by atoms with van der Waals surface area (Å²) in [4.78, 5) is 11.5. The Morgan fingerprint density at radius 3 is 2.30 bits per heavy atom. The molecule has 0 saturated carbocycles. The van der Waals surface area contributed by atoms with E-state index in [1.807, 2.05) is 19.9 Å². The Labute approximate surface area is 143 Å². The molecule has 1 aliphatic rings. The Morgan fingerprint density at radius 2 is 1.87 bits per heavy atom. The van der Waals surface area contributed by atoms with Crippen LogP contribution in [-0.4, -0.2) is 13.1 Å². The van der Waals surface area contributed by atoms with Crippen LogP contribution >= 0.6 is 0 Å².